The number of aliphatic carboxylic acids is 1. The van der Waals surface area contributed by atoms with E-state index in [9.17, 15) is 14.4 Å². The molecule has 1 aromatic heterocycles. The molecule has 7 heteroatoms. The van der Waals surface area contributed by atoms with E-state index in [0.717, 1.165) is 18.4 Å². The topological polar surface area (TPSA) is 95.5 Å². The molecule has 2 atom stereocenters. The summed E-state index contributed by atoms with van der Waals surface area (Å²) in [4.78, 5) is 35.7. The van der Waals surface area contributed by atoms with E-state index in [1.807, 2.05) is 13.0 Å². The fourth-order valence-corrected chi connectivity index (χ4v) is 3.43. The lowest BCUT2D eigenvalue weighted by Gasteiger charge is -2.27. The van der Waals surface area contributed by atoms with Crippen molar-refractivity contribution < 1.29 is 19.5 Å². The Labute approximate surface area is 126 Å². The first-order chi connectivity index (χ1) is 10.0. The second-order valence-corrected chi connectivity index (χ2v) is 6.13. The number of hydrazine groups is 1. The number of rotatable bonds is 3. The summed E-state index contributed by atoms with van der Waals surface area (Å²) < 4.78 is 0. The minimum absolute atomic E-state index is 0.376. The maximum atomic E-state index is 12.1. The van der Waals surface area contributed by atoms with Gasteiger partial charge in [-0.15, -0.1) is 11.3 Å². The molecule has 0 unspecified atom stereocenters. The number of carbonyl (C=O) groups is 3. The summed E-state index contributed by atoms with van der Waals surface area (Å²) in [5.41, 5.74) is 5.56. The Kier molecular flexibility index (Phi) is 4.95. The largest absolute Gasteiger partial charge is 0.481 e. The van der Waals surface area contributed by atoms with E-state index in [2.05, 4.69) is 10.9 Å². The maximum Gasteiger partial charge on any atom is 0.307 e. The van der Waals surface area contributed by atoms with Crippen molar-refractivity contribution in [3.63, 3.8) is 0 Å². The molecule has 1 heterocycles. The van der Waals surface area contributed by atoms with Crippen molar-refractivity contribution in [2.75, 3.05) is 0 Å². The number of amides is 2. The van der Waals surface area contributed by atoms with Crippen LogP contribution in [-0.4, -0.2) is 22.9 Å². The molecule has 0 saturated heterocycles. The zero-order valence-electron chi connectivity index (χ0n) is 11.7. The van der Waals surface area contributed by atoms with Crippen molar-refractivity contribution >= 4 is 29.1 Å². The lowest BCUT2D eigenvalue weighted by molar-refractivity contribution is -0.149. The number of aryl methyl sites for hydroxylation is 1. The highest BCUT2D eigenvalue weighted by Crippen LogP contribution is 2.30. The molecule has 2 rings (SSSR count). The van der Waals surface area contributed by atoms with E-state index < -0.39 is 23.7 Å². The minimum atomic E-state index is -0.949. The van der Waals surface area contributed by atoms with Crippen LogP contribution >= 0.6 is 11.3 Å². The molecule has 1 aliphatic rings. The van der Waals surface area contributed by atoms with E-state index in [-0.39, 0.29) is 5.91 Å². The van der Waals surface area contributed by atoms with Crippen molar-refractivity contribution in [1.82, 2.24) is 10.9 Å². The van der Waals surface area contributed by atoms with Gasteiger partial charge in [-0.25, -0.2) is 0 Å². The second-order valence-electron chi connectivity index (χ2n) is 5.21. The Morgan fingerprint density at radius 2 is 1.86 bits per heavy atom. The van der Waals surface area contributed by atoms with Crippen LogP contribution in [0.2, 0.25) is 0 Å². The Morgan fingerprint density at radius 3 is 2.43 bits per heavy atom. The van der Waals surface area contributed by atoms with E-state index in [1.165, 1.54) is 11.3 Å². The predicted molar refractivity (Wildman–Crippen MR) is 77.7 cm³/mol. The SMILES string of the molecule is Cc1ccsc1C(=O)NNC(=O)[C@H]1CCCC[C@@H]1C(=O)O. The van der Waals surface area contributed by atoms with E-state index in [4.69, 9.17) is 5.11 Å². The van der Waals surface area contributed by atoms with Gasteiger partial charge in [0.05, 0.1) is 16.7 Å². The van der Waals surface area contributed by atoms with Crippen molar-refractivity contribution in [2.45, 2.75) is 32.6 Å². The van der Waals surface area contributed by atoms with Crippen LogP contribution in [0.15, 0.2) is 11.4 Å². The summed E-state index contributed by atoms with van der Waals surface area (Å²) in [6, 6.07) is 1.82. The van der Waals surface area contributed by atoms with Crippen molar-refractivity contribution in [2.24, 2.45) is 11.8 Å². The predicted octanol–water partition coefficient (Wildman–Crippen LogP) is 1.71. The molecular formula is C14H18N2O4S. The average molecular weight is 310 g/mol. The van der Waals surface area contributed by atoms with Crippen LogP contribution in [0.25, 0.3) is 0 Å². The highest BCUT2D eigenvalue weighted by Gasteiger charge is 2.35. The number of carboxylic acid groups (broad SMARTS) is 1. The molecule has 0 aliphatic heterocycles. The third kappa shape index (κ3) is 3.60. The Hall–Kier alpha value is -1.89. The van der Waals surface area contributed by atoms with Crippen molar-refractivity contribution in [3.05, 3.63) is 21.9 Å². The number of hydrogen-bond acceptors (Lipinski definition) is 4. The summed E-state index contributed by atoms with van der Waals surface area (Å²) in [6.45, 7) is 1.81. The summed E-state index contributed by atoms with van der Waals surface area (Å²) in [5.74, 6) is -3.00. The number of carboxylic acids is 1. The molecule has 21 heavy (non-hydrogen) atoms. The normalized spacial score (nSPS) is 21.6. The first-order valence-electron chi connectivity index (χ1n) is 6.87. The fraction of sp³-hybridized carbons (Fsp3) is 0.500. The van der Waals surface area contributed by atoms with Gasteiger partial charge < -0.3 is 5.11 Å². The second kappa shape index (κ2) is 6.71. The minimum Gasteiger partial charge on any atom is -0.481 e. The van der Waals surface area contributed by atoms with Crippen LogP contribution in [-0.2, 0) is 9.59 Å². The Bertz CT molecular complexity index is 555. The van der Waals surface area contributed by atoms with Crippen LogP contribution in [0.4, 0.5) is 0 Å². The molecule has 1 fully saturated rings. The maximum absolute atomic E-state index is 12.1. The van der Waals surface area contributed by atoms with Crippen LogP contribution in [0, 0.1) is 18.8 Å². The van der Waals surface area contributed by atoms with Crippen LogP contribution in [0.3, 0.4) is 0 Å². The van der Waals surface area contributed by atoms with Gasteiger partial charge in [0.25, 0.3) is 5.91 Å². The number of hydrogen-bond donors (Lipinski definition) is 3. The summed E-state index contributed by atoms with van der Waals surface area (Å²) in [5, 5.41) is 11.0. The summed E-state index contributed by atoms with van der Waals surface area (Å²) in [6.07, 6.45) is 2.70. The summed E-state index contributed by atoms with van der Waals surface area (Å²) >= 11 is 1.29. The van der Waals surface area contributed by atoms with Gasteiger partial charge in [0, 0.05) is 0 Å². The van der Waals surface area contributed by atoms with Gasteiger partial charge in [0.15, 0.2) is 0 Å². The van der Waals surface area contributed by atoms with Gasteiger partial charge in [0.1, 0.15) is 0 Å². The van der Waals surface area contributed by atoms with Crippen LogP contribution in [0.5, 0.6) is 0 Å². The molecule has 2 amide bonds. The highest BCUT2D eigenvalue weighted by molar-refractivity contribution is 7.12. The fourth-order valence-electron chi connectivity index (χ4n) is 2.61. The molecule has 3 N–H and O–H groups in total. The molecule has 0 bridgehead atoms. The standard InChI is InChI=1S/C14H18N2O4S/c1-8-6-7-21-11(8)13(18)16-15-12(17)9-4-2-3-5-10(9)14(19)20/h6-7,9-10H,2-5H2,1H3,(H,15,17)(H,16,18)(H,19,20)/t9-,10-/m0/s1. The number of thiophene rings is 1. The zero-order valence-corrected chi connectivity index (χ0v) is 12.5. The van der Waals surface area contributed by atoms with Gasteiger partial charge in [0.2, 0.25) is 5.91 Å². The molecule has 1 aliphatic carbocycles. The molecule has 114 valence electrons. The highest BCUT2D eigenvalue weighted by atomic mass is 32.1. The van der Waals surface area contributed by atoms with Crippen LogP contribution in [0.1, 0.15) is 40.9 Å². The lowest BCUT2D eigenvalue weighted by atomic mass is 9.79. The monoisotopic (exact) mass is 310 g/mol. The van der Waals surface area contributed by atoms with E-state index in [0.29, 0.717) is 17.7 Å². The van der Waals surface area contributed by atoms with Crippen LogP contribution < -0.4 is 10.9 Å². The Balaban J connectivity index is 1.93. The van der Waals surface area contributed by atoms with Gasteiger partial charge in [-0.2, -0.15) is 0 Å². The van der Waals surface area contributed by atoms with Gasteiger partial charge in [-0.3, -0.25) is 25.2 Å². The molecule has 0 aromatic carbocycles. The first-order valence-corrected chi connectivity index (χ1v) is 7.75. The first kappa shape index (κ1) is 15.5. The number of nitrogens with one attached hydrogen (secondary N) is 2. The summed E-state index contributed by atoms with van der Waals surface area (Å²) in [7, 11) is 0. The molecule has 1 saturated carbocycles. The molecule has 0 radical (unpaired) electrons. The molecular weight excluding hydrogens is 292 g/mol. The third-order valence-corrected chi connectivity index (χ3v) is 4.80. The molecule has 0 spiro atoms. The Morgan fingerprint density at radius 1 is 1.19 bits per heavy atom. The van der Waals surface area contributed by atoms with Gasteiger partial charge in [-0.1, -0.05) is 12.8 Å². The van der Waals surface area contributed by atoms with Gasteiger partial charge >= 0.3 is 5.97 Å². The van der Waals surface area contributed by atoms with Crippen molar-refractivity contribution in [3.8, 4) is 0 Å². The lowest BCUT2D eigenvalue weighted by Crippen LogP contribution is -2.47. The third-order valence-electron chi connectivity index (χ3n) is 3.79. The van der Waals surface area contributed by atoms with E-state index in [1.54, 1.807) is 5.38 Å². The molecule has 1 aromatic rings. The smallest absolute Gasteiger partial charge is 0.307 e. The van der Waals surface area contributed by atoms with E-state index >= 15 is 0 Å². The quantitative estimate of drug-likeness (QED) is 0.741. The molecule has 6 nitrogen and oxygen atoms in total. The number of carbonyl (C=O) groups excluding carboxylic acids is 2. The zero-order chi connectivity index (χ0) is 15.4. The average Bonchev–Trinajstić information content (AvgIpc) is 2.90. The van der Waals surface area contributed by atoms with Crippen molar-refractivity contribution in [1.29, 1.82) is 0 Å². The van der Waals surface area contributed by atoms with Gasteiger partial charge in [-0.05, 0) is 36.8 Å².